The molecule has 0 aromatic heterocycles. The summed E-state index contributed by atoms with van der Waals surface area (Å²) in [6.07, 6.45) is 4.17. The second kappa shape index (κ2) is 3.94. The molecule has 0 aliphatic heterocycles. The molecule has 0 aromatic rings. The molecule has 1 saturated carbocycles. The third kappa shape index (κ3) is 2.67. The minimum Gasteiger partial charge on any atom is -0.302 e. The van der Waals surface area contributed by atoms with Gasteiger partial charge in [-0.1, -0.05) is 6.42 Å². The molecule has 10 heavy (non-hydrogen) atoms. The molecule has 1 fully saturated rings. The first-order chi connectivity index (χ1) is 4.79. The number of hydrogen-bond donors (Lipinski definition) is 2. The van der Waals surface area contributed by atoms with Crippen LogP contribution in [0.25, 0.3) is 0 Å². The van der Waals surface area contributed by atoms with Crippen LogP contribution < -0.4 is 10.6 Å². The zero-order valence-electron chi connectivity index (χ0n) is 6.98. The Balaban J connectivity index is 1.85. The van der Waals surface area contributed by atoms with E-state index in [1.54, 1.807) is 0 Å². The minimum absolute atomic E-state index is 0.604. The van der Waals surface area contributed by atoms with E-state index in [1.165, 1.54) is 19.3 Å². The third-order valence-electron chi connectivity index (χ3n) is 2.01. The van der Waals surface area contributed by atoms with Crippen LogP contribution in [0.4, 0.5) is 0 Å². The van der Waals surface area contributed by atoms with Gasteiger partial charge in [-0.2, -0.15) is 0 Å². The van der Waals surface area contributed by atoms with Crippen molar-refractivity contribution in [3.05, 3.63) is 0 Å². The number of hydrogen-bond acceptors (Lipinski definition) is 2. The van der Waals surface area contributed by atoms with Crippen molar-refractivity contribution in [1.82, 2.24) is 10.6 Å². The standard InChI is InChI=1S/C8H18N2/c1-7(2)9-6-10-8-4-3-5-8/h7-10H,3-6H2,1-2H3. The van der Waals surface area contributed by atoms with E-state index in [0.29, 0.717) is 6.04 Å². The van der Waals surface area contributed by atoms with Gasteiger partial charge in [0.2, 0.25) is 0 Å². The van der Waals surface area contributed by atoms with Crippen molar-refractivity contribution in [3.8, 4) is 0 Å². The van der Waals surface area contributed by atoms with Gasteiger partial charge in [0.1, 0.15) is 0 Å². The smallest absolute Gasteiger partial charge is 0.0458 e. The molecule has 2 heteroatoms. The molecule has 0 heterocycles. The lowest BCUT2D eigenvalue weighted by Gasteiger charge is -2.27. The fourth-order valence-corrected chi connectivity index (χ4v) is 1.02. The van der Waals surface area contributed by atoms with Gasteiger partial charge in [0.05, 0.1) is 0 Å². The fourth-order valence-electron chi connectivity index (χ4n) is 1.02. The molecule has 0 radical (unpaired) electrons. The largest absolute Gasteiger partial charge is 0.302 e. The maximum absolute atomic E-state index is 3.44. The molecular weight excluding hydrogens is 124 g/mol. The summed E-state index contributed by atoms with van der Waals surface area (Å²) in [5, 5.41) is 6.77. The predicted octanol–water partition coefficient (Wildman–Crippen LogP) is 1.08. The Kier molecular flexibility index (Phi) is 3.16. The predicted molar refractivity (Wildman–Crippen MR) is 43.9 cm³/mol. The van der Waals surface area contributed by atoms with E-state index in [0.717, 1.165) is 12.7 Å². The fraction of sp³-hybridized carbons (Fsp3) is 1.00. The van der Waals surface area contributed by atoms with Crippen molar-refractivity contribution in [2.45, 2.75) is 45.2 Å². The average Bonchev–Trinajstić information content (AvgIpc) is 1.75. The highest BCUT2D eigenvalue weighted by Gasteiger charge is 2.15. The average molecular weight is 142 g/mol. The summed E-state index contributed by atoms with van der Waals surface area (Å²) in [7, 11) is 0. The Bertz CT molecular complexity index is 87.3. The van der Waals surface area contributed by atoms with Crippen LogP contribution >= 0.6 is 0 Å². The van der Waals surface area contributed by atoms with Gasteiger partial charge in [0.15, 0.2) is 0 Å². The topological polar surface area (TPSA) is 24.1 Å². The Hall–Kier alpha value is -0.0800. The first-order valence-corrected chi connectivity index (χ1v) is 4.26. The highest BCUT2D eigenvalue weighted by molar-refractivity contribution is 4.75. The maximum atomic E-state index is 3.44. The van der Waals surface area contributed by atoms with Gasteiger partial charge in [-0.05, 0) is 26.7 Å². The molecule has 0 unspecified atom stereocenters. The third-order valence-corrected chi connectivity index (χ3v) is 2.01. The molecule has 0 aromatic carbocycles. The quantitative estimate of drug-likeness (QED) is 0.574. The van der Waals surface area contributed by atoms with Gasteiger partial charge in [0, 0.05) is 18.8 Å². The van der Waals surface area contributed by atoms with Crippen LogP contribution in [-0.4, -0.2) is 18.8 Å². The van der Waals surface area contributed by atoms with Gasteiger partial charge < -0.3 is 10.6 Å². The summed E-state index contributed by atoms with van der Waals surface area (Å²) in [6, 6.07) is 1.42. The molecule has 1 rings (SSSR count). The number of rotatable bonds is 4. The molecule has 0 atom stereocenters. The lowest BCUT2D eigenvalue weighted by Crippen LogP contribution is -2.42. The Morgan fingerprint density at radius 2 is 2.10 bits per heavy atom. The second-order valence-electron chi connectivity index (χ2n) is 3.37. The molecule has 1 aliphatic rings. The lowest BCUT2D eigenvalue weighted by molar-refractivity contribution is 0.325. The Morgan fingerprint density at radius 1 is 1.40 bits per heavy atom. The van der Waals surface area contributed by atoms with Gasteiger partial charge >= 0.3 is 0 Å². The van der Waals surface area contributed by atoms with E-state index < -0.39 is 0 Å². The van der Waals surface area contributed by atoms with E-state index in [2.05, 4.69) is 24.5 Å². The Labute approximate surface area is 63.4 Å². The lowest BCUT2D eigenvalue weighted by atomic mass is 9.93. The van der Waals surface area contributed by atoms with Gasteiger partial charge in [-0.3, -0.25) is 0 Å². The summed E-state index contributed by atoms with van der Waals surface area (Å²) in [5.74, 6) is 0. The molecule has 2 N–H and O–H groups in total. The van der Waals surface area contributed by atoms with E-state index >= 15 is 0 Å². The molecule has 0 amide bonds. The van der Waals surface area contributed by atoms with Gasteiger partial charge in [-0.25, -0.2) is 0 Å². The summed E-state index contributed by atoms with van der Waals surface area (Å²) in [4.78, 5) is 0. The first-order valence-electron chi connectivity index (χ1n) is 4.26. The molecule has 1 aliphatic carbocycles. The van der Waals surface area contributed by atoms with Gasteiger partial charge in [-0.15, -0.1) is 0 Å². The summed E-state index contributed by atoms with van der Waals surface area (Å²) < 4.78 is 0. The second-order valence-corrected chi connectivity index (χ2v) is 3.37. The molecular formula is C8H18N2. The molecule has 60 valence electrons. The molecule has 0 bridgehead atoms. The van der Waals surface area contributed by atoms with Crippen LogP contribution in [0.3, 0.4) is 0 Å². The van der Waals surface area contributed by atoms with Crippen molar-refractivity contribution in [1.29, 1.82) is 0 Å². The number of nitrogens with one attached hydrogen (secondary N) is 2. The van der Waals surface area contributed by atoms with Crippen molar-refractivity contribution < 1.29 is 0 Å². The van der Waals surface area contributed by atoms with E-state index in [-0.39, 0.29) is 0 Å². The highest BCUT2D eigenvalue weighted by atomic mass is 15.1. The first kappa shape index (κ1) is 8.02. The summed E-state index contributed by atoms with van der Waals surface area (Å²) >= 11 is 0. The molecule has 2 nitrogen and oxygen atoms in total. The van der Waals surface area contributed by atoms with Crippen LogP contribution in [0, 0.1) is 0 Å². The van der Waals surface area contributed by atoms with Crippen molar-refractivity contribution in [2.75, 3.05) is 6.67 Å². The van der Waals surface area contributed by atoms with E-state index in [4.69, 9.17) is 0 Å². The van der Waals surface area contributed by atoms with Crippen LogP contribution in [0.5, 0.6) is 0 Å². The van der Waals surface area contributed by atoms with Crippen LogP contribution in [-0.2, 0) is 0 Å². The highest BCUT2D eigenvalue weighted by Crippen LogP contribution is 2.17. The zero-order chi connectivity index (χ0) is 7.40. The van der Waals surface area contributed by atoms with Crippen LogP contribution in [0.1, 0.15) is 33.1 Å². The van der Waals surface area contributed by atoms with Crippen molar-refractivity contribution in [2.24, 2.45) is 0 Å². The van der Waals surface area contributed by atoms with Gasteiger partial charge in [0.25, 0.3) is 0 Å². The summed E-state index contributed by atoms with van der Waals surface area (Å²) in [6.45, 7) is 5.31. The normalized spacial score (nSPS) is 19.5. The van der Waals surface area contributed by atoms with E-state index in [9.17, 15) is 0 Å². The van der Waals surface area contributed by atoms with Crippen LogP contribution in [0.15, 0.2) is 0 Å². The SMILES string of the molecule is CC(C)NCNC1CCC1. The molecule has 0 spiro atoms. The summed E-state index contributed by atoms with van der Waals surface area (Å²) in [5.41, 5.74) is 0. The monoisotopic (exact) mass is 142 g/mol. The Morgan fingerprint density at radius 3 is 2.50 bits per heavy atom. The van der Waals surface area contributed by atoms with E-state index in [1.807, 2.05) is 0 Å². The van der Waals surface area contributed by atoms with Crippen LogP contribution in [0.2, 0.25) is 0 Å². The minimum atomic E-state index is 0.604. The molecule has 0 saturated heterocycles. The van der Waals surface area contributed by atoms with Crippen molar-refractivity contribution in [3.63, 3.8) is 0 Å². The maximum Gasteiger partial charge on any atom is 0.0458 e. The zero-order valence-corrected chi connectivity index (χ0v) is 6.98. The van der Waals surface area contributed by atoms with Crippen molar-refractivity contribution >= 4 is 0 Å².